The number of hydrogen-bond donors (Lipinski definition) is 2. The standard InChI is InChI=1S/C15H24N2O3/c1-4-10-17(11-5-2)14(20)16-15(13(18)19)8-6-12(3)7-9-15/h4-5,12H,1-2,6-11H2,3H3,(H,16,20)(H,18,19). The van der Waals surface area contributed by atoms with Crippen molar-refractivity contribution in [3.63, 3.8) is 0 Å². The van der Waals surface area contributed by atoms with Crippen molar-refractivity contribution < 1.29 is 14.7 Å². The zero-order valence-electron chi connectivity index (χ0n) is 12.1. The van der Waals surface area contributed by atoms with E-state index < -0.39 is 11.5 Å². The van der Waals surface area contributed by atoms with Gasteiger partial charge in [0, 0.05) is 13.1 Å². The van der Waals surface area contributed by atoms with E-state index in [2.05, 4.69) is 25.4 Å². The average Bonchev–Trinajstić information content (AvgIpc) is 2.41. The molecule has 1 aliphatic rings. The van der Waals surface area contributed by atoms with E-state index in [1.54, 1.807) is 12.2 Å². The number of carbonyl (C=O) groups excluding carboxylic acids is 1. The Bertz CT molecular complexity index is 375. The van der Waals surface area contributed by atoms with Gasteiger partial charge in [0.05, 0.1) is 0 Å². The van der Waals surface area contributed by atoms with Gasteiger partial charge in [0.15, 0.2) is 0 Å². The van der Waals surface area contributed by atoms with E-state index in [0.717, 1.165) is 12.8 Å². The van der Waals surface area contributed by atoms with Gasteiger partial charge in [-0.2, -0.15) is 0 Å². The predicted octanol–water partition coefficient (Wildman–Crippen LogP) is 2.40. The number of nitrogens with one attached hydrogen (secondary N) is 1. The molecule has 0 aromatic carbocycles. The van der Waals surface area contributed by atoms with E-state index in [0.29, 0.717) is 31.8 Å². The molecule has 0 heterocycles. The van der Waals surface area contributed by atoms with Gasteiger partial charge in [0.1, 0.15) is 5.54 Å². The van der Waals surface area contributed by atoms with Crippen LogP contribution in [0.4, 0.5) is 4.79 Å². The summed E-state index contributed by atoms with van der Waals surface area (Å²) in [5.41, 5.74) is -1.13. The van der Waals surface area contributed by atoms with Crippen LogP contribution in [0, 0.1) is 5.92 Å². The average molecular weight is 280 g/mol. The molecule has 0 aliphatic heterocycles. The fourth-order valence-electron chi connectivity index (χ4n) is 2.48. The smallest absolute Gasteiger partial charge is 0.329 e. The summed E-state index contributed by atoms with van der Waals surface area (Å²) >= 11 is 0. The number of hydrogen-bond acceptors (Lipinski definition) is 2. The van der Waals surface area contributed by atoms with E-state index in [1.807, 2.05) is 0 Å². The van der Waals surface area contributed by atoms with Crippen molar-refractivity contribution >= 4 is 12.0 Å². The first-order valence-corrected chi connectivity index (χ1v) is 6.97. The molecule has 0 spiro atoms. The van der Waals surface area contributed by atoms with Gasteiger partial charge in [-0.3, -0.25) is 0 Å². The number of carboxylic acids is 1. The molecule has 1 rings (SSSR count). The number of amides is 2. The molecule has 20 heavy (non-hydrogen) atoms. The Balaban J connectivity index is 2.79. The summed E-state index contributed by atoms with van der Waals surface area (Å²) in [5, 5.41) is 12.2. The first kappa shape index (κ1) is 16.3. The van der Waals surface area contributed by atoms with Crippen LogP contribution in [-0.4, -0.2) is 40.6 Å². The van der Waals surface area contributed by atoms with Crippen molar-refractivity contribution in [2.45, 2.75) is 38.1 Å². The van der Waals surface area contributed by atoms with E-state index in [1.165, 1.54) is 4.90 Å². The Morgan fingerprint density at radius 2 is 1.80 bits per heavy atom. The van der Waals surface area contributed by atoms with E-state index in [9.17, 15) is 14.7 Å². The lowest BCUT2D eigenvalue weighted by atomic mass is 9.77. The fraction of sp³-hybridized carbons (Fsp3) is 0.600. The van der Waals surface area contributed by atoms with Crippen LogP contribution in [0.1, 0.15) is 32.6 Å². The summed E-state index contributed by atoms with van der Waals surface area (Å²) in [5.74, 6) is -0.438. The molecule has 1 saturated carbocycles. The highest BCUT2D eigenvalue weighted by Gasteiger charge is 2.43. The minimum Gasteiger partial charge on any atom is -0.480 e. The summed E-state index contributed by atoms with van der Waals surface area (Å²) in [7, 11) is 0. The maximum atomic E-state index is 12.2. The van der Waals surface area contributed by atoms with E-state index >= 15 is 0 Å². The third kappa shape index (κ3) is 3.85. The third-order valence-electron chi connectivity index (χ3n) is 3.87. The molecule has 0 atom stereocenters. The molecular formula is C15H24N2O3. The van der Waals surface area contributed by atoms with Crippen LogP contribution in [0.5, 0.6) is 0 Å². The lowest BCUT2D eigenvalue weighted by Gasteiger charge is -2.37. The highest BCUT2D eigenvalue weighted by molar-refractivity contribution is 5.86. The zero-order chi connectivity index (χ0) is 15.2. The van der Waals surface area contributed by atoms with Crippen LogP contribution in [0.15, 0.2) is 25.3 Å². The van der Waals surface area contributed by atoms with Gasteiger partial charge >= 0.3 is 12.0 Å². The van der Waals surface area contributed by atoms with Gasteiger partial charge in [-0.25, -0.2) is 9.59 Å². The molecule has 2 N–H and O–H groups in total. The SMILES string of the molecule is C=CCN(CC=C)C(=O)NC1(C(=O)O)CCC(C)CC1. The number of aliphatic carboxylic acids is 1. The van der Waals surface area contributed by atoms with Crippen molar-refractivity contribution in [3.8, 4) is 0 Å². The van der Waals surface area contributed by atoms with Crippen molar-refractivity contribution in [2.24, 2.45) is 5.92 Å². The topological polar surface area (TPSA) is 69.6 Å². The van der Waals surface area contributed by atoms with E-state index in [-0.39, 0.29) is 6.03 Å². The quantitative estimate of drug-likeness (QED) is 0.734. The highest BCUT2D eigenvalue weighted by atomic mass is 16.4. The number of rotatable bonds is 6. The second-order valence-electron chi connectivity index (χ2n) is 5.48. The van der Waals surface area contributed by atoms with Crippen LogP contribution >= 0.6 is 0 Å². The Hall–Kier alpha value is -1.78. The molecule has 0 aromatic heterocycles. The number of nitrogens with zero attached hydrogens (tertiary/aromatic N) is 1. The van der Waals surface area contributed by atoms with Gasteiger partial charge < -0.3 is 15.3 Å². The monoisotopic (exact) mass is 280 g/mol. The molecule has 0 radical (unpaired) electrons. The molecule has 112 valence electrons. The normalized spacial score (nSPS) is 25.6. The maximum Gasteiger partial charge on any atom is 0.329 e. The van der Waals surface area contributed by atoms with Crippen molar-refractivity contribution in [3.05, 3.63) is 25.3 Å². The Morgan fingerprint density at radius 1 is 1.30 bits per heavy atom. The van der Waals surface area contributed by atoms with Gasteiger partial charge in [-0.05, 0) is 31.6 Å². The summed E-state index contributed by atoms with van der Waals surface area (Å²) in [6.07, 6.45) is 5.81. The Labute approximate surface area is 120 Å². The Morgan fingerprint density at radius 3 is 2.20 bits per heavy atom. The maximum absolute atomic E-state index is 12.2. The van der Waals surface area contributed by atoms with Gasteiger partial charge in [-0.15, -0.1) is 13.2 Å². The minimum absolute atomic E-state index is 0.365. The highest BCUT2D eigenvalue weighted by Crippen LogP contribution is 2.32. The first-order chi connectivity index (χ1) is 9.45. The lowest BCUT2D eigenvalue weighted by Crippen LogP contribution is -2.59. The third-order valence-corrected chi connectivity index (χ3v) is 3.87. The molecule has 1 aliphatic carbocycles. The second kappa shape index (κ2) is 7.12. The number of carboxylic acid groups (broad SMARTS) is 1. The summed E-state index contributed by atoms with van der Waals surface area (Å²) in [6.45, 7) is 10.0. The molecule has 5 heteroatoms. The Kier molecular flexibility index (Phi) is 5.80. The van der Waals surface area contributed by atoms with Crippen molar-refractivity contribution in [1.29, 1.82) is 0 Å². The van der Waals surface area contributed by atoms with Crippen LogP contribution in [0.2, 0.25) is 0 Å². The first-order valence-electron chi connectivity index (χ1n) is 6.97. The van der Waals surface area contributed by atoms with Crippen molar-refractivity contribution in [2.75, 3.05) is 13.1 Å². The molecule has 0 saturated heterocycles. The lowest BCUT2D eigenvalue weighted by molar-refractivity contribution is -0.146. The zero-order valence-corrected chi connectivity index (χ0v) is 12.1. The van der Waals surface area contributed by atoms with Crippen molar-refractivity contribution in [1.82, 2.24) is 10.2 Å². The van der Waals surface area contributed by atoms with E-state index in [4.69, 9.17) is 0 Å². The fourth-order valence-corrected chi connectivity index (χ4v) is 2.48. The second-order valence-corrected chi connectivity index (χ2v) is 5.48. The predicted molar refractivity (Wildman–Crippen MR) is 78.5 cm³/mol. The van der Waals surface area contributed by atoms with Crippen LogP contribution in [0.25, 0.3) is 0 Å². The van der Waals surface area contributed by atoms with Crippen LogP contribution in [0.3, 0.4) is 0 Å². The molecule has 2 amide bonds. The molecule has 1 fully saturated rings. The van der Waals surface area contributed by atoms with Gasteiger partial charge in [-0.1, -0.05) is 19.1 Å². The minimum atomic E-state index is -1.13. The van der Waals surface area contributed by atoms with Gasteiger partial charge in [0.25, 0.3) is 0 Å². The number of carbonyl (C=O) groups is 2. The van der Waals surface area contributed by atoms with Crippen LogP contribution < -0.4 is 5.32 Å². The summed E-state index contributed by atoms with van der Waals surface area (Å²) in [4.78, 5) is 25.3. The molecule has 0 bridgehead atoms. The van der Waals surface area contributed by atoms with Crippen LogP contribution in [-0.2, 0) is 4.79 Å². The largest absolute Gasteiger partial charge is 0.480 e. The van der Waals surface area contributed by atoms with Gasteiger partial charge in [0.2, 0.25) is 0 Å². The molecule has 0 unspecified atom stereocenters. The molecule has 5 nitrogen and oxygen atoms in total. The molecule has 0 aromatic rings. The number of urea groups is 1. The summed E-state index contributed by atoms with van der Waals surface area (Å²) in [6, 6.07) is -0.373. The molecular weight excluding hydrogens is 256 g/mol. The summed E-state index contributed by atoms with van der Waals surface area (Å²) < 4.78 is 0.